The Labute approximate surface area is 119 Å². The molecule has 0 aliphatic carbocycles. The average molecular weight is 288 g/mol. The number of amides is 3. The van der Waals surface area contributed by atoms with Crippen molar-refractivity contribution in [2.45, 2.75) is 60.2 Å². The average Bonchev–Trinajstić information content (AvgIpc) is 2.32. The van der Waals surface area contributed by atoms with Gasteiger partial charge < -0.3 is 9.47 Å². The monoisotopic (exact) mass is 288 g/mol. The van der Waals surface area contributed by atoms with Gasteiger partial charge in [0.1, 0.15) is 0 Å². The lowest BCUT2D eigenvalue weighted by Crippen LogP contribution is -2.52. The maximum atomic E-state index is 12.1. The summed E-state index contributed by atoms with van der Waals surface area (Å²) in [6, 6.07) is 0. The van der Waals surface area contributed by atoms with Gasteiger partial charge in [-0.05, 0) is 34.1 Å². The van der Waals surface area contributed by atoms with Crippen LogP contribution < -0.4 is 5.43 Å². The Morgan fingerprint density at radius 1 is 1.00 bits per heavy atom. The van der Waals surface area contributed by atoms with Crippen LogP contribution in [0.15, 0.2) is 0 Å². The Bertz CT molecular complexity index is 355. The summed E-state index contributed by atoms with van der Waals surface area (Å²) in [5.41, 5.74) is 2.12. The molecule has 0 saturated carbocycles. The second kappa shape index (κ2) is 8.39. The number of rotatable bonds is 4. The van der Waals surface area contributed by atoms with Gasteiger partial charge in [0.05, 0.1) is 12.2 Å². The van der Waals surface area contributed by atoms with E-state index in [1.54, 1.807) is 41.5 Å². The zero-order valence-corrected chi connectivity index (χ0v) is 12.9. The fourth-order valence-corrected chi connectivity index (χ4v) is 1.17. The van der Waals surface area contributed by atoms with Crippen LogP contribution in [0, 0.1) is 5.92 Å². The van der Waals surface area contributed by atoms with Crippen LogP contribution in [-0.4, -0.2) is 35.3 Å². The van der Waals surface area contributed by atoms with Crippen LogP contribution in [0.3, 0.4) is 0 Å². The summed E-state index contributed by atoms with van der Waals surface area (Å²) >= 11 is 0. The molecule has 20 heavy (non-hydrogen) atoms. The first kappa shape index (κ1) is 18.2. The molecular formula is C13H24N2O5. The van der Waals surface area contributed by atoms with Gasteiger partial charge in [-0.1, -0.05) is 13.8 Å². The van der Waals surface area contributed by atoms with Gasteiger partial charge in [-0.2, -0.15) is 0 Å². The second-order valence-corrected chi connectivity index (χ2v) is 4.98. The molecule has 0 bridgehead atoms. The van der Waals surface area contributed by atoms with Crippen molar-refractivity contribution in [1.29, 1.82) is 0 Å². The highest BCUT2D eigenvalue weighted by Crippen LogP contribution is 2.08. The topological polar surface area (TPSA) is 84.9 Å². The standard InChI is InChI=1S/C13H24N2O5/c1-7-10(6)11(16)15(13(18)20-9(4)5)14-12(17)19-8(2)3/h8-10H,7H2,1-6H3,(H,14,17). The smallest absolute Gasteiger partial charge is 0.436 e. The summed E-state index contributed by atoms with van der Waals surface area (Å²) in [4.78, 5) is 35.5. The summed E-state index contributed by atoms with van der Waals surface area (Å²) < 4.78 is 9.78. The van der Waals surface area contributed by atoms with Gasteiger partial charge >= 0.3 is 12.2 Å². The Morgan fingerprint density at radius 2 is 1.50 bits per heavy atom. The summed E-state index contributed by atoms with van der Waals surface area (Å²) in [5, 5.41) is 0.568. The number of hydrazine groups is 1. The van der Waals surface area contributed by atoms with Gasteiger partial charge in [0, 0.05) is 5.92 Å². The van der Waals surface area contributed by atoms with E-state index in [1.807, 2.05) is 0 Å². The van der Waals surface area contributed by atoms with E-state index in [1.165, 1.54) is 0 Å². The van der Waals surface area contributed by atoms with Crippen LogP contribution in [0.25, 0.3) is 0 Å². The number of ether oxygens (including phenoxy) is 2. The number of nitrogens with zero attached hydrogens (tertiary/aromatic N) is 1. The highest BCUT2D eigenvalue weighted by atomic mass is 16.6. The first-order chi connectivity index (χ1) is 9.18. The van der Waals surface area contributed by atoms with Crippen molar-refractivity contribution in [3.8, 4) is 0 Å². The minimum Gasteiger partial charge on any atom is -0.446 e. The van der Waals surface area contributed by atoms with E-state index in [-0.39, 0.29) is 6.10 Å². The third-order valence-electron chi connectivity index (χ3n) is 2.32. The zero-order valence-electron chi connectivity index (χ0n) is 12.9. The predicted molar refractivity (Wildman–Crippen MR) is 72.7 cm³/mol. The normalized spacial score (nSPS) is 12.0. The highest BCUT2D eigenvalue weighted by Gasteiger charge is 2.29. The summed E-state index contributed by atoms with van der Waals surface area (Å²) in [5.74, 6) is -0.965. The van der Waals surface area contributed by atoms with Crippen LogP contribution in [0.4, 0.5) is 9.59 Å². The Kier molecular flexibility index (Phi) is 7.64. The van der Waals surface area contributed by atoms with E-state index < -0.39 is 30.1 Å². The molecule has 0 heterocycles. The lowest BCUT2D eigenvalue weighted by atomic mass is 10.1. The molecule has 0 aromatic carbocycles. The molecule has 0 aliphatic heterocycles. The third kappa shape index (κ3) is 6.40. The highest BCUT2D eigenvalue weighted by molar-refractivity contribution is 5.94. The molecule has 0 fully saturated rings. The van der Waals surface area contributed by atoms with E-state index in [0.717, 1.165) is 0 Å². The van der Waals surface area contributed by atoms with Crippen LogP contribution in [0.5, 0.6) is 0 Å². The Hall–Kier alpha value is -1.79. The minimum atomic E-state index is -0.925. The molecule has 0 radical (unpaired) electrons. The van der Waals surface area contributed by atoms with Gasteiger partial charge in [-0.3, -0.25) is 4.79 Å². The summed E-state index contributed by atoms with van der Waals surface area (Å²) in [6.45, 7) is 10.1. The SMILES string of the molecule is CCC(C)C(=O)N(NC(=O)OC(C)C)C(=O)OC(C)C. The van der Waals surface area contributed by atoms with Crippen LogP contribution in [0.1, 0.15) is 48.0 Å². The molecule has 7 nitrogen and oxygen atoms in total. The molecule has 0 spiro atoms. The fraction of sp³-hybridized carbons (Fsp3) is 0.769. The summed E-state index contributed by atoms with van der Waals surface area (Å²) in [7, 11) is 0. The number of nitrogens with one attached hydrogen (secondary N) is 1. The molecule has 0 saturated heterocycles. The first-order valence-corrected chi connectivity index (χ1v) is 6.70. The van der Waals surface area contributed by atoms with Gasteiger partial charge in [0.15, 0.2) is 0 Å². The molecule has 0 aromatic rings. The number of imide groups is 1. The molecular weight excluding hydrogens is 264 g/mol. The molecule has 3 amide bonds. The van der Waals surface area contributed by atoms with Gasteiger partial charge in [0.25, 0.3) is 5.91 Å². The molecule has 116 valence electrons. The van der Waals surface area contributed by atoms with Gasteiger partial charge in [-0.15, -0.1) is 5.01 Å². The van der Waals surface area contributed by atoms with E-state index in [2.05, 4.69) is 5.43 Å². The van der Waals surface area contributed by atoms with Crippen molar-refractivity contribution in [3.05, 3.63) is 0 Å². The lowest BCUT2D eigenvalue weighted by molar-refractivity contribution is -0.136. The van der Waals surface area contributed by atoms with Gasteiger partial charge in [0.2, 0.25) is 0 Å². The van der Waals surface area contributed by atoms with Gasteiger partial charge in [-0.25, -0.2) is 15.0 Å². The number of hydrogen-bond donors (Lipinski definition) is 1. The molecule has 0 aliphatic rings. The molecule has 0 aromatic heterocycles. The fourth-order valence-electron chi connectivity index (χ4n) is 1.17. The number of carbonyl (C=O) groups excluding carboxylic acids is 3. The van der Waals surface area contributed by atoms with Crippen molar-refractivity contribution < 1.29 is 23.9 Å². The maximum Gasteiger partial charge on any atom is 0.436 e. The van der Waals surface area contributed by atoms with E-state index >= 15 is 0 Å². The largest absolute Gasteiger partial charge is 0.446 e. The van der Waals surface area contributed by atoms with E-state index in [9.17, 15) is 14.4 Å². The quantitative estimate of drug-likeness (QED) is 0.803. The second-order valence-electron chi connectivity index (χ2n) is 4.98. The third-order valence-corrected chi connectivity index (χ3v) is 2.32. The van der Waals surface area contributed by atoms with Crippen molar-refractivity contribution in [3.63, 3.8) is 0 Å². The lowest BCUT2D eigenvalue weighted by Gasteiger charge is -2.24. The molecule has 1 atom stereocenters. The zero-order chi connectivity index (χ0) is 15.9. The Morgan fingerprint density at radius 3 is 1.90 bits per heavy atom. The van der Waals surface area contributed by atoms with Crippen molar-refractivity contribution in [2.75, 3.05) is 0 Å². The van der Waals surface area contributed by atoms with Crippen molar-refractivity contribution in [1.82, 2.24) is 10.4 Å². The van der Waals surface area contributed by atoms with Crippen LogP contribution >= 0.6 is 0 Å². The molecule has 7 heteroatoms. The number of carbonyl (C=O) groups is 3. The maximum absolute atomic E-state index is 12.1. The van der Waals surface area contributed by atoms with E-state index in [0.29, 0.717) is 11.4 Å². The van der Waals surface area contributed by atoms with Crippen LogP contribution in [0.2, 0.25) is 0 Å². The molecule has 1 unspecified atom stereocenters. The van der Waals surface area contributed by atoms with E-state index in [4.69, 9.17) is 9.47 Å². The van der Waals surface area contributed by atoms with Crippen molar-refractivity contribution in [2.24, 2.45) is 5.92 Å². The molecule has 0 rings (SSSR count). The predicted octanol–water partition coefficient (Wildman–Crippen LogP) is 2.46. The summed E-state index contributed by atoms with van der Waals surface area (Å²) in [6.07, 6.45) is -2.04. The number of hydrogen-bond acceptors (Lipinski definition) is 5. The minimum absolute atomic E-state index is 0.364. The Balaban J connectivity index is 4.92. The van der Waals surface area contributed by atoms with Crippen LogP contribution in [-0.2, 0) is 14.3 Å². The van der Waals surface area contributed by atoms with Crippen molar-refractivity contribution >= 4 is 18.1 Å². The molecule has 1 N–H and O–H groups in total. The first-order valence-electron chi connectivity index (χ1n) is 6.70.